The molecule has 1 aromatic carbocycles. The van der Waals surface area contributed by atoms with Crippen LogP contribution in [0.25, 0.3) is 33.1 Å². The maximum atomic E-state index is 12.7. The highest BCUT2D eigenvalue weighted by molar-refractivity contribution is 6.08. The molecular weight excluding hydrogens is 252 g/mol. The highest BCUT2D eigenvalue weighted by Crippen LogP contribution is 2.28. The SMILES string of the molecule is CCn1c2ccccc2c2c(=O)c3cccnc3oc21. The van der Waals surface area contributed by atoms with Crippen molar-refractivity contribution in [2.24, 2.45) is 0 Å². The van der Waals surface area contributed by atoms with Crippen LogP contribution in [0.1, 0.15) is 6.92 Å². The topological polar surface area (TPSA) is 48.0 Å². The molecule has 4 aromatic rings. The van der Waals surface area contributed by atoms with E-state index in [4.69, 9.17) is 4.42 Å². The minimum atomic E-state index is -0.0160. The standard InChI is InChI=1S/C16H12N2O2/c1-2-18-12-8-4-3-6-10(12)13-14(19)11-7-5-9-17-15(11)20-16(13)18/h3-9H,2H2,1H3. The molecular formula is C16H12N2O2. The molecule has 0 radical (unpaired) electrons. The lowest BCUT2D eigenvalue weighted by atomic mass is 10.1. The second-order valence-electron chi connectivity index (χ2n) is 4.73. The van der Waals surface area contributed by atoms with Gasteiger partial charge in [-0.15, -0.1) is 0 Å². The number of fused-ring (bicyclic) bond motifs is 4. The molecule has 0 amide bonds. The van der Waals surface area contributed by atoms with Crippen LogP contribution in [0.15, 0.2) is 51.8 Å². The molecule has 0 aliphatic heterocycles. The molecule has 4 nitrogen and oxygen atoms in total. The van der Waals surface area contributed by atoms with Crippen LogP contribution >= 0.6 is 0 Å². The van der Waals surface area contributed by atoms with Gasteiger partial charge < -0.3 is 8.98 Å². The molecule has 0 bridgehead atoms. The van der Waals surface area contributed by atoms with Crippen LogP contribution in [0.5, 0.6) is 0 Å². The number of para-hydroxylation sites is 1. The van der Waals surface area contributed by atoms with E-state index in [1.165, 1.54) is 0 Å². The first-order valence-corrected chi connectivity index (χ1v) is 6.60. The Labute approximate surface area is 114 Å². The number of pyridine rings is 1. The van der Waals surface area contributed by atoms with Gasteiger partial charge in [-0.2, -0.15) is 0 Å². The summed E-state index contributed by atoms with van der Waals surface area (Å²) >= 11 is 0. The average molecular weight is 264 g/mol. The van der Waals surface area contributed by atoms with E-state index < -0.39 is 0 Å². The van der Waals surface area contributed by atoms with Crippen LogP contribution in [0, 0.1) is 0 Å². The van der Waals surface area contributed by atoms with E-state index in [9.17, 15) is 4.79 Å². The summed E-state index contributed by atoms with van der Waals surface area (Å²) in [5.41, 5.74) is 1.99. The van der Waals surface area contributed by atoms with E-state index in [0.717, 1.165) is 17.4 Å². The fourth-order valence-electron chi connectivity index (χ4n) is 2.79. The van der Waals surface area contributed by atoms with Crippen LogP contribution in [0.3, 0.4) is 0 Å². The lowest BCUT2D eigenvalue weighted by Gasteiger charge is -2.01. The van der Waals surface area contributed by atoms with Crippen LogP contribution in [-0.4, -0.2) is 9.55 Å². The molecule has 4 rings (SSSR count). The van der Waals surface area contributed by atoms with E-state index in [1.54, 1.807) is 18.3 Å². The highest BCUT2D eigenvalue weighted by Gasteiger charge is 2.17. The van der Waals surface area contributed by atoms with Crippen LogP contribution in [-0.2, 0) is 6.54 Å². The molecule has 0 saturated heterocycles. The molecule has 98 valence electrons. The normalized spacial score (nSPS) is 11.7. The van der Waals surface area contributed by atoms with Crippen LogP contribution in [0.4, 0.5) is 0 Å². The molecule has 0 aliphatic rings. The minimum Gasteiger partial charge on any atom is -0.421 e. The number of hydrogen-bond acceptors (Lipinski definition) is 3. The summed E-state index contributed by atoms with van der Waals surface area (Å²) in [4.78, 5) is 16.9. The molecule has 4 heteroatoms. The van der Waals surface area contributed by atoms with Crippen molar-refractivity contribution < 1.29 is 4.42 Å². The summed E-state index contributed by atoms with van der Waals surface area (Å²) in [5.74, 6) is 0. The van der Waals surface area contributed by atoms with Gasteiger partial charge in [0.25, 0.3) is 0 Å². The summed E-state index contributed by atoms with van der Waals surface area (Å²) in [7, 11) is 0. The van der Waals surface area contributed by atoms with Gasteiger partial charge in [-0.05, 0) is 25.1 Å². The number of benzene rings is 1. The van der Waals surface area contributed by atoms with Gasteiger partial charge in [0.2, 0.25) is 16.9 Å². The molecule has 0 N–H and O–H groups in total. The fourth-order valence-corrected chi connectivity index (χ4v) is 2.79. The quantitative estimate of drug-likeness (QED) is 0.530. The van der Waals surface area contributed by atoms with Crippen molar-refractivity contribution in [3.05, 3.63) is 52.8 Å². The monoisotopic (exact) mass is 264 g/mol. The van der Waals surface area contributed by atoms with Gasteiger partial charge in [0.1, 0.15) is 0 Å². The first kappa shape index (κ1) is 11.2. The zero-order valence-corrected chi connectivity index (χ0v) is 11.0. The average Bonchev–Trinajstić information content (AvgIpc) is 2.81. The number of rotatable bonds is 1. The number of aryl methyl sites for hydroxylation is 1. The van der Waals surface area contributed by atoms with Gasteiger partial charge in [0, 0.05) is 18.1 Å². The Bertz CT molecular complexity index is 1010. The summed E-state index contributed by atoms with van der Waals surface area (Å²) in [5, 5.41) is 2.10. The Hall–Kier alpha value is -2.62. The van der Waals surface area contributed by atoms with Crippen molar-refractivity contribution in [1.82, 2.24) is 9.55 Å². The lowest BCUT2D eigenvalue weighted by molar-refractivity contribution is 0.599. The second kappa shape index (κ2) is 3.93. The molecule has 20 heavy (non-hydrogen) atoms. The van der Waals surface area contributed by atoms with Crippen LogP contribution in [0.2, 0.25) is 0 Å². The third-order valence-electron chi connectivity index (χ3n) is 3.68. The largest absolute Gasteiger partial charge is 0.421 e. The smallest absolute Gasteiger partial charge is 0.232 e. The van der Waals surface area contributed by atoms with E-state index in [0.29, 0.717) is 22.2 Å². The molecule has 3 heterocycles. The Morgan fingerprint density at radius 3 is 2.80 bits per heavy atom. The van der Waals surface area contributed by atoms with E-state index in [1.807, 2.05) is 35.8 Å². The van der Waals surface area contributed by atoms with E-state index >= 15 is 0 Å². The number of nitrogens with zero attached hydrogens (tertiary/aromatic N) is 2. The first-order valence-electron chi connectivity index (χ1n) is 6.60. The van der Waals surface area contributed by atoms with Crippen molar-refractivity contribution in [3.8, 4) is 0 Å². The van der Waals surface area contributed by atoms with Crippen molar-refractivity contribution in [2.45, 2.75) is 13.5 Å². The zero-order chi connectivity index (χ0) is 13.7. The van der Waals surface area contributed by atoms with Gasteiger partial charge in [-0.25, -0.2) is 4.98 Å². The zero-order valence-electron chi connectivity index (χ0n) is 11.0. The molecule has 0 atom stereocenters. The summed E-state index contributed by atoms with van der Waals surface area (Å²) in [6, 6.07) is 11.4. The van der Waals surface area contributed by atoms with Gasteiger partial charge in [-0.3, -0.25) is 4.79 Å². The molecule has 0 fully saturated rings. The second-order valence-corrected chi connectivity index (χ2v) is 4.73. The van der Waals surface area contributed by atoms with Crippen molar-refractivity contribution in [2.75, 3.05) is 0 Å². The molecule has 0 saturated carbocycles. The third-order valence-corrected chi connectivity index (χ3v) is 3.68. The Morgan fingerprint density at radius 1 is 1.15 bits per heavy atom. The maximum Gasteiger partial charge on any atom is 0.232 e. The summed E-state index contributed by atoms with van der Waals surface area (Å²) in [6.07, 6.45) is 1.63. The van der Waals surface area contributed by atoms with Gasteiger partial charge in [0.05, 0.1) is 16.3 Å². The fraction of sp³-hybridized carbons (Fsp3) is 0.125. The lowest BCUT2D eigenvalue weighted by Crippen LogP contribution is -2.03. The van der Waals surface area contributed by atoms with Crippen molar-refractivity contribution >= 4 is 33.1 Å². The van der Waals surface area contributed by atoms with Crippen molar-refractivity contribution in [3.63, 3.8) is 0 Å². The summed E-state index contributed by atoms with van der Waals surface area (Å²) in [6.45, 7) is 2.78. The number of hydrogen-bond donors (Lipinski definition) is 0. The predicted molar refractivity (Wildman–Crippen MR) is 79.0 cm³/mol. The van der Waals surface area contributed by atoms with E-state index in [2.05, 4.69) is 4.98 Å². The van der Waals surface area contributed by atoms with Crippen LogP contribution < -0.4 is 5.43 Å². The highest BCUT2D eigenvalue weighted by atomic mass is 16.3. The molecule has 0 aliphatic carbocycles. The Balaban J connectivity index is 2.39. The van der Waals surface area contributed by atoms with E-state index in [-0.39, 0.29) is 5.43 Å². The Kier molecular flexibility index (Phi) is 2.21. The third kappa shape index (κ3) is 1.30. The van der Waals surface area contributed by atoms with Gasteiger partial charge >= 0.3 is 0 Å². The number of aromatic nitrogens is 2. The molecule has 0 unspecified atom stereocenters. The van der Waals surface area contributed by atoms with Crippen molar-refractivity contribution in [1.29, 1.82) is 0 Å². The predicted octanol–water partition coefficient (Wildman–Crippen LogP) is 3.32. The van der Waals surface area contributed by atoms with Gasteiger partial charge in [-0.1, -0.05) is 18.2 Å². The summed E-state index contributed by atoms with van der Waals surface area (Å²) < 4.78 is 7.90. The van der Waals surface area contributed by atoms with Gasteiger partial charge in [0.15, 0.2) is 0 Å². The molecule has 0 spiro atoms. The maximum absolute atomic E-state index is 12.7. The minimum absolute atomic E-state index is 0.0160. The Morgan fingerprint density at radius 2 is 1.95 bits per heavy atom. The molecule has 3 aromatic heterocycles. The first-order chi connectivity index (χ1) is 9.81.